The summed E-state index contributed by atoms with van der Waals surface area (Å²) in [6.07, 6.45) is 3.61. The molecule has 0 aromatic carbocycles. The minimum atomic E-state index is 0.0346. The molecular weight excluding hydrogens is 240 g/mol. The van der Waals surface area contributed by atoms with Crippen LogP contribution < -0.4 is 0 Å². The maximum Gasteiger partial charge on any atom is 0.225 e. The van der Waals surface area contributed by atoms with Crippen molar-refractivity contribution < 1.29 is 9.59 Å². The highest BCUT2D eigenvalue weighted by Gasteiger charge is 2.34. The van der Waals surface area contributed by atoms with Crippen LogP contribution in [0.4, 0.5) is 0 Å². The SMILES string of the molecule is CC(C)(C)CC(=O)N1CCCN(C(=O)C2CC2)CC1. The molecule has 1 aliphatic carbocycles. The number of hydrogen-bond donors (Lipinski definition) is 0. The van der Waals surface area contributed by atoms with E-state index in [0.29, 0.717) is 25.4 Å². The lowest BCUT2D eigenvalue weighted by Crippen LogP contribution is -2.38. The molecule has 0 aromatic heterocycles. The highest BCUT2D eigenvalue weighted by Crippen LogP contribution is 2.31. The Bertz CT molecular complexity index is 356. The van der Waals surface area contributed by atoms with Gasteiger partial charge in [0.15, 0.2) is 0 Å². The van der Waals surface area contributed by atoms with Gasteiger partial charge in [0.25, 0.3) is 0 Å². The van der Waals surface area contributed by atoms with Crippen molar-refractivity contribution in [3.05, 3.63) is 0 Å². The summed E-state index contributed by atoms with van der Waals surface area (Å²) in [6, 6.07) is 0. The molecule has 0 bridgehead atoms. The number of amides is 2. The summed E-state index contributed by atoms with van der Waals surface area (Å²) in [5.41, 5.74) is 0.0346. The Balaban J connectivity index is 1.85. The second-order valence-corrected chi connectivity index (χ2v) is 7.07. The third kappa shape index (κ3) is 4.22. The fourth-order valence-corrected chi connectivity index (χ4v) is 2.54. The van der Waals surface area contributed by atoms with Crippen LogP contribution in [0, 0.1) is 11.3 Å². The molecule has 4 heteroatoms. The van der Waals surface area contributed by atoms with Crippen LogP contribution in [0.3, 0.4) is 0 Å². The molecule has 0 aromatic rings. The molecule has 1 saturated carbocycles. The van der Waals surface area contributed by atoms with Gasteiger partial charge in [-0.05, 0) is 24.7 Å². The molecule has 1 aliphatic heterocycles. The van der Waals surface area contributed by atoms with Gasteiger partial charge in [-0.3, -0.25) is 9.59 Å². The van der Waals surface area contributed by atoms with Crippen LogP contribution in [-0.4, -0.2) is 47.8 Å². The molecule has 0 atom stereocenters. The van der Waals surface area contributed by atoms with Crippen molar-refractivity contribution in [1.82, 2.24) is 9.80 Å². The molecule has 1 saturated heterocycles. The van der Waals surface area contributed by atoms with Gasteiger partial charge >= 0.3 is 0 Å². The zero-order chi connectivity index (χ0) is 14.0. The summed E-state index contributed by atoms with van der Waals surface area (Å²) in [5.74, 6) is 0.829. The Kier molecular flexibility index (Phi) is 4.16. The van der Waals surface area contributed by atoms with Crippen LogP contribution in [0.2, 0.25) is 0 Å². The topological polar surface area (TPSA) is 40.6 Å². The molecule has 0 spiro atoms. The molecule has 2 amide bonds. The van der Waals surface area contributed by atoms with Crippen molar-refractivity contribution >= 4 is 11.8 Å². The second kappa shape index (κ2) is 5.51. The molecule has 2 aliphatic rings. The molecule has 2 rings (SSSR count). The van der Waals surface area contributed by atoms with Gasteiger partial charge in [0.1, 0.15) is 0 Å². The van der Waals surface area contributed by atoms with E-state index in [1.807, 2.05) is 9.80 Å². The van der Waals surface area contributed by atoms with Crippen molar-refractivity contribution in [2.24, 2.45) is 11.3 Å². The molecule has 19 heavy (non-hydrogen) atoms. The molecule has 0 radical (unpaired) electrons. The molecule has 0 unspecified atom stereocenters. The Morgan fingerprint density at radius 1 is 1.00 bits per heavy atom. The standard InChI is InChI=1S/C15H26N2O2/c1-15(2,3)11-13(18)16-7-4-8-17(10-9-16)14(19)12-5-6-12/h12H,4-11H2,1-3H3. The van der Waals surface area contributed by atoms with E-state index in [2.05, 4.69) is 20.8 Å². The van der Waals surface area contributed by atoms with E-state index in [1.165, 1.54) is 0 Å². The van der Waals surface area contributed by atoms with Crippen LogP contribution >= 0.6 is 0 Å². The van der Waals surface area contributed by atoms with Gasteiger partial charge in [-0.25, -0.2) is 0 Å². The lowest BCUT2D eigenvalue weighted by atomic mass is 9.91. The Labute approximate surface area is 116 Å². The summed E-state index contributed by atoms with van der Waals surface area (Å²) in [7, 11) is 0. The van der Waals surface area contributed by atoms with Crippen molar-refractivity contribution in [3.8, 4) is 0 Å². The number of carbonyl (C=O) groups excluding carboxylic acids is 2. The molecule has 1 heterocycles. The van der Waals surface area contributed by atoms with Gasteiger partial charge in [0, 0.05) is 38.5 Å². The molecule has 108 valence electrons. The Morgan fingerprint density at radius 3 is 2.16 bits per heavy atom. The van der Waals surface area contributed by atoms with Crippen molar-refractivity contribution in [1.29, 1.82) is 0 Å². The van der Waals surface area contributed by atoms with Crippen molar-refractivity contribution in [2.75, 3.05) is 26.2 Å². The second-order valence-electron chi connectivity index (χ2n) is 7.07. The summed E-state index contributed by atoms with van der Waals surface area (Å²) in [4.78, 5) is 28.1. The fourth-order valence-electron chi connectivity index (χ4n) is 2.54. The Morgan fingerprint density at radius 2 is 1.58 bits per heavy atom. The van der Waals surface area contributed by atoms with E-state index < -0.39 is 0 Å². The average Bonchev–Trinajstić information content (AvgIpc) is 3.13. The van der Waals surface area contributed by atoms with Gasteiger partial charge in [-0.2, -0.15) is 0 Å². The molecule has 4 nitrogen and oxygen atoms in total. The van der Waals surface area contributed by atoms with E-state index in [4.69, 9.17) is 0 Å². The van der Waals surface area contributed by atoms with Gasteiger partial charge < -0.3 is 9.80 Å². The first kappa shape index (κ1) is 14.4. The number of nitrogens with zero attached hydrogens (tertiary/aromatic N) is 2. The summed E-state index contributed by atoms with van der Waals surface area (Å²) in [5, 5.41) is 0. The first-order valence-corrected chi connectivity index (χ1v) is 7.43. The van der Waals surface area contributed by atoms with E-state index in [9.17, 15) is 9.59 Å². The van der Waals surface area contributed by atoms with Gasteiger partial charge in [0.05, 0.1) is 0 Å². The van der Waals surface area contributed by atoms with E-state index in [1.54, 1.807) is 0 Å². The third-order valence-electron chi connectivity index (χ3n) is 3.77. The van der Waals surface area contributed by atoms with Gasteiger partial charge in [-0.1, -0.05) is 20.8 Å². The third-order valence-corrected chi connectivity index (χ3v) is 3.77. The smallest absolute Gasteiger partial charge is 0.225 e. The van der Waals surface area contributed by atoms with Crippen LogP contribution in [-0.2, 0) is 9.59 Å². The minimum absolute atomic E-state index is 0.0346. The largest absolute Gasteiger partial charge is 0.341 e. The lowest BCUT2D eigenvalue weighted by molar-refractivity contribution is -0.135. The molecule has 0 N–H and O–H groups in total. The summed E-state index contributed by atoms with van der Waals surface area (Å²) >= 11 is 0. The fraction of sp³-hybridized carbons (Fsp3) is 0.867. The quantitative estimate of drug-likeness (QED) is 0.766. The predicted molar refractivity (Wildman–Crippen MR) is 74.6 cm³/mol. The van der Waals surface area contributed by atoms with Gasteiger partial charge in [0.2, 0.25) is 11.8 Å². The average molecular weight is 266 g/mol. The summed E-state index contributed by atoms with van der Waals surface area (Å²) < 4.78 is 0. The molecular formula is C15H26N2O2. The van der Waals surface area contributed by atoms with E-state index >= 15 is 0 Å². The molecule has 2 fully saturated rings. The van der Waals surface area contributed by atoms with Crippen LogP contribution in [0.5, 0.6) is 0 Å². The first-order valence-electron chi connectivity index (χ1n) is 7.43. The maximum atomic E-state index is 12.2. The van der Waals surface area contributed by atoms with Crippen molar-refractivity contribution in [3.63, 3.8) is 0 Å². The minimum Gasteiger partial charge on any atom is -0.341 e. The van der Waals surface area contributed by atoms with Crippen LogP contribution in [0.1, 0.15) is 46.5 Å². The highest BCUT2D eigenvalue weighted by atomic mass is 16.2. The van der Waals surface area contributed by atoms with Crippen LogP contribution in [0.25, 0.3) is 0 Å². The van der Waals surface area contributed by atoms with E-state index in [0.717, 1.165) is 32.4 Å². The summed E-state index contributed by atoms with van der Waals surface area (Å²) in [6.45, 7) is 9.29. The van der Waals surface area contributed by atoms with E-state index in [-0.39, 0.29) is 17.2 Å². The number of hydrogen-bond acceptors (Lipinski definition) is 2. The van der Waals surface area contributed by atoms with Crippen molar-refractivity contribution in [2.45, 2.75) is 46.5 Å². The van der Waals surface area contributed by atoms with Crippen LogP contribution in [0.15, 0.2) is 0 Å². The predicted octanol–water partition coefficient (Wildman–Crippen LogP) is 1.89. The number of carbonyl (C=O) groups is 2. The lowest BCUT2D eigenvalue weighted by Gasteiger charge is -2.25. The zero-order valence-electron chi connectivity index (χ0n) is 12.4. The number of rotatable bonds is 2. The zero-order valence-corrected chi connectivity index (χ0v) is 12.4. The Hall–Kier alpha value is -1.06. The monoisotopic (exact) mass is 266 g/mol. The first-order chi connectivity index (χ1) is 8.87. The highest BCUT2D eigenvalue weighted by molar-refractivity contribution is 5.81. The normalized spacial score (nSPS) is 21.2. The van der Waals surface area contributed by atoms with Gasteiger partial charge in [-0.15, -0.1) is 0 Å². The maximum absolute atomic E-state index is 12.2.